The second kappa shape index (κ2) is 10.0. The van der Waals surface area contributed by atoms with Crippen LogP contribution in [0.15, 0.2) is 101 Å². The molecule has 0 heterocycles. The monoisotopic (exact) mass is 480 g/mol. The number of benzene rings is 4. The van der Waals surface area contributed by atoms with Gasteiger partial charge in [0.2, 0.25) is 5.91 Å². The van der Waals surface area contributed by atoms with Crippen molar-refractivity contribution in [3.63, 3.8) is 0 Å². The number of hydrogen-bond acceptors (Lipinski definition) is 3. The van der Waals surface area contributed by atoms with Crippen LogP contribution in [0.1, 0.15) is 15.9 Å². The zero-order valence-electron chi connectivity index (χ0n) is 17.7. The number of fused-ring (bicyclic) bond motifs is 1. The van der Waals surface area contributed by atoms with Gasteiger partial charge in [-0.05, 0) is 53.2 Å². The molecule has 2 amide bonds. The minimum Gasteiger partial charge on any atom is -0.343 e. The third kappa shape index (κ3) is 5.58. The molecule has 172 valence electrons. The summed E-state index contributed by atoms with van der Waals surface area (Å²) in [6.45, 7) is -0.235. The molecule has 0 saturated carbocycles. The second-order valence-corrected chi connectivity index (χ2v) is 8.49. The highest BCUT2D eigenvalue weighted by molar-refractivity contribution is 7.99. The molecule has 0 unspecified atom stereocenters. The Labute approximate surface area is 198 Å². The molecule has 0 fully saturated rings. The lowest BCUT2D eigenvalue weighted by Gasteiger charge is -2.12. The van der Waals surface area contributed by atoms with E-state index in [0.717, 1.165) is 22.9 Å². The average Bonchev–Trinajstić information content (AvgIpc) is 2.83. The van der Waals surface area contributed by atoms with Crippen molar-refractivity contribution in [2.75, 3.05) is 11.9 Å². The van der Waals surface area contributed by atoms with E-state index in [2.05, 4.69) is 10.6 Å². The number of carbonyl (C=O) groups is 2. The van der Waals surface area contributed by atoms with Crippen LogP contribution < -0.4 is 10.6 Å². The van der Waals surface area contributed by atoms with Crippen LogP contribution in [0.3, 0.4) is 0 Å². The van der Waals surface area contributed by atoms with Gasteiger partial charge in [-0.15, -0.1) is 0 Å². The molecule has 0 radical (unpaired) electrons. The molecule has 2 N–H and O–H groups in total. The quantitative estimate of drug-likeness (QED) is 0.337. The molecule has 0 aliphatic rings. The highest BCUT2D eigenvalue weighted by atomic mass is 32.2. The van der Waals surface area contributed by atoms with E-state index < -0.39 is 17.6 Å². The number of alkyl halides is 3. The normalized spacial score (nSPS) is 11.3. The number of para-hydroxylation sites is 1. The molecule has 0 atom stereocenters. The SMILES string of the molecule is O=C(CNC(=O)c1cccc2ccccc12)Nc1ccccc1Sc1ccc(C(F)(F)F)cc1. The predicted octanol–water partition coefficient (Wildman–Crippen LogP) is 6.38. The van der Waals surface area contributed by atoms with Crippen LogP contribution in [-0.4, -0.2) is 18.4 Å². The lowest BCUT2D eigenvalue weighted by atomic mass is 10.0. The van der Waals surface area contributed by atoms with Gasteiger partial charge in [0.15, 0.2) is 0 Å². The summed E-state index contributed by atoms with van der Waals surface area (Å²) in [5.74, 6) is -0.784. The molecule has 4 aromatic carbocycles. The van der Waals surface area contributed by atoms with Gasteiger partial charge < -0.3 is 10.6 Å². The highest BCUT2D eigenvalue weighted by Crippen LogP contribution is 2.35. The first kappa shape index (κ1) is 23.4. The van der Waals surface area contributed by atoms with Crippen LogP contribution in [0.5, 0.6) is 0 Å². The summed E-state index contributed by atoms with van der Waals surface area (Å²) >= 11 is 1.23. The Morgan fingerprint density at radius 2 is 1.47 bits per heavy atom. The molecule has 8 heteroatoms. The summed E-state index contributed by atoms with van der Waals surface area (Å²) < 4.78 is 38.4. The second-order valence-electron chi connectivity index (χ2n) is 7.38. The van der Waals surface area contributed by atoms with Gasteiger partial charge in [0.1, 0.15) is 0 Å². The minimum atomic E-state index is -4.40. The smallest absolute Gasteiger partial charge is 0.343 e. The Morgan fingerprint density at radius 3 is 2.24 bits per heavy atom. The molecule has 0 aliphatic carbocycles. The van der Waals surface area contributed by atoms with Gasteiger partial charge in [0.25, 0.3) is 5.91 Å². The molecule has 4 aromatic rings. The highest BCUT2D eigenvalue weighted by Gasteiger charge is 2.30. The fourth-order valence-corrected chi connectivity index (χ4v) is 4.27. The van der Waals surface area contributed by atoms with E-state index in [9.17, 15) is 22.8 Å². The molecule has 0 spiro atoms. The van der Waals surface area contributed by atoms with Gasteiger partial charge in [-0.25, -0.2) is 0 Å². The van der Waals surface area contributed by atoms with Crippen LogP contribution in [0.25, 0.3) is 10.8 Å². The Bertz CT molecular complexity index is 1330. The van der Waals surface area contributed by atoms with Crippen molar-refractivity contribution >= 4 is 40.0 Å². The lowest BCUT2D eigenvalue weighted by molar-refractivity contribution is -0.137. The number of amides is 2. The number of anilines is 1. The third-order valence-corrected chi connectivity index (χ3v) is 6.10. The van der Waals surface area contributed by atoms with E-state index >= 15 is 0 Å². The first-order chi connectivity index (χ1) is 16.3. The largest absolute Gasteiger partial charge is 0.416 e. The van der Waals surface area contributed by atoms with Crippen molar-refractivity contribution in [1.82, 2.24) is 5.32 Å². The van der Waals surface area contributed by atoms with Crippen LogP contribution in [0.4, 0.5) is 18.9 Å². The van der Waals surface area contributed by atoms with Crippen molar-refractivity contribution in [3.05, 3.63) is 102 Å². The third-order valence-electron chi connectivity index (χ3n) is 5.01. The van der Waals surface area contributed by atoms with E-state index in [1.807, 2.05) is 30.3 Å². The number of rotatable bonds is 6. The van der Waals surface area contributed by atoms with Crippen molar-refractivity contribution in [2.45, 2.75) is 16.0 Å². The molecular weight excluding hydrogens is 461 g/mol. The van der Waals surface area contributed by atoms with Gasteiger partial charge in [-0.2, -0.15) is 13.2 Å². The van der Waals surface area contributed by atoms with E-state index in [1.165, 1.54) is 23.9 Å². The molecular formula is C26H19F3N2O2S. The number of halogens is 3. The summed E-state index contributed by atoms with van der Waals surface area (Å²) in [6, 6.07) is 24.6. The molecule has 0 aromatic heterocycles. The Kier molecular flexibility index (Phi) is 6.88. The predicted molar refractivity (Wildman–Crippen MR) is 127 cm³/mol. The van der Waals surface area contributed by atoms with Crippen molar-refractivity contribution in [3.8, 4) is 0 Å². The Morgan fingerprint density at radius 1 is 0.794 bits per heavy atom. The average molecular weight is 481 g/mol. The Balaban J connectivity index is 1.40. The maximum absolute atomic E-state index is 12.8. The topological polar surface area (TPSA) is 58.2 Å². The van der Waals surface area contributed by atoms with Crippen molar-refractivity contribution in [2.24, 2.45) is 0 Å². The van der Waals surface area contributed by atoms with Gasteiger partial charge in [0, 0.05) is 15.4 Å². The number of carbonyl (C=O) groups excluding carboxylic acids is 2. The summed E-state index contributed by atoms with van der Waals surface area (Å²) in [5.41, 5.74) is 0.251. The summed E-state index contributed by atoms with van der Waals surface area (Å²) in [4.78, 5) is 26.4. The Hall–Kier alpha value is -3.78. The molecule has 0 aliphatic heterocycles. The molecule has 4 rings (SSSR count). The zero-order valence-corrected chi connectivity index (χ0v) is 18.5. The van der Waals surface area contributed by atoms with E-state index in [1.54, 1.807) is 36.4 Å². The summed E-state index contributed by atoms with van der Waals surface area (Å²) in [6.07, 6.45) is -4.40. The van der Waals surface area contributed by atoms with E-state index in [4.69, 9.17) is 0 Å². The standard InChI is InChI=1S/C26H19F3N2O2S/c27-26(28,29)18-12-14-19(15-13-18)34-23-11-4-3-10-22(23)31-24(32)16-30-25(33)21-9-5-7-17-6-1-2-8-20(17)21/h1-15H,16H2,(H,30,33)(H,31,32). The molecule has 0 bridgehead atoms. The minimum absolute atomic E-state index is 0.235. The van der Waals surface area contributed by atoms with E-state index in [0.29, 0.717) is 21.0 Å². The summed E-state index contributed by atoms with van der Waals surface area (Å²) in [5, 5.41) is 7.11. The fourth-order valence-electron chi connectivity index (χ4n) is 3.37. The van der Waals surface area contributed by atoms with Crippen LogP contribution in [0.2, 0.25) is 0 Å². The zero-order chi connectivity index (χ0) is 24.1. The molecule has 34 heavy (non-hydrogen) atoms. The molecule has 0 saturated heterocycles. The van der Waals surface area contributed by atoms with Crippen LogP contribution >= 0.6 is 11.8 Å². The fraction of sp³-hybridized carbons (Fsp3) is 0.0769. The first-order valence-corrected chi connectivity index (χ1v) is 11.1. The molecule has 4 nitrogen and oxygen atoms in total. The maximum Gasteiger partial charge on any atom is 0.416 e. The van der Waals surface area contributed by atoms with Gasteiger partial charge in [0.05, 0.1) is 17.8 Å². The first-order valence-electron chi connectivity index (χ1n) is 10.3. The van der Waals surface area contributed by atoms with E-state index in [-0.39, 0.29) is 12.5 Å². The lowest BCUT2D eigenvalue weighted by Crippen LogP contribution is -2.33. The van der Waals surface area contributed by atoms with Gasteiger partial charge in [-0.3, -0.25) is 9.59 Å². The van der Waals surface area contributed by atoms with Gasteiger partial charge in [-0.1, -0.05) is 60.3 Å². The van der Waals surface area contributed by atoms with Gasteiger partial charge >= 0.3 is 6.18 Å². The van der Waals surface area contributed by atoms with Crippen molar-refractivity contribution in [1.29, 1.82) is 0 Å². The summed E-state index contributed by atoms with van der Waals surface area (Å²) in [7, 11) is 0. The maximum atomic E-state index is 12.8. The van der Waals surface area contributed by atoms with Crippen LogP contribution in [-0.2, 0) is 11.0 Å². The number of hydrogen-bond donors (Lipinski definition) is 2. The van der Waals surface area contributed by atoms with Crippen LogP contribution in [0, 0.1) is 0 Å². The van der Waals surface area contributed by atoms with Crippen molar-refractivity contribution < 1.29 is 22.8 Å². The number of nitrogens with one attached hydrogen (secondary N) is 2.